The second kappa shape index (κ2) is 3.16. The fourth-order valence-electron chi connectivity index (χ4n) is 1.11. The van der Waals surface area contributed by atoms with Crippen LogP contribution >= 0.6 is 27.5 Å². The summed E-state index contributed by atoms with van der Waals surface area (Å²) in [5.41, 5.74) is 0.0457. The van der Waals surface area contributed by atoms with E-state index < -0.39 is 5.63 Å². The van der Waals surface area contributed by atoms with E-state index in [0.717, 1.165) is 9.86 Å². The number of rotatable bonds is 0. The number of fused-ring (bicyclic) bond motifs is 1. The molecular weight excluding hydrogens is 255 g/mol. The highest BCUT2D eigenvalue weighted by Crippen LogP contribution is 2.27. The second-order valence-corrected chi connectivity index (χ2v) is 3.79. The fraction of sp³-hybridized carbons (Fsp3) is 0. The molecule has 2 aromatic rings. The van der Waals surface area contributed by atoms with Gasteiger partial charge in [0.05, 0.1) is 9.50 Å². The van der Waals surface area contributed by atoms with Crippen molar-refractivity contribution in [3.8, 4) is 0 Å². The van der Waals surface area contributed by atoms with Gasteiger partial charge in [0.15, 0.2) is 5.58 Å². The van der Waals surface area contributed by atoms with Gasteiger partial charge in [-0.05, 0) is 28.1 Å². The predicted octanol–water partition coefficient (Wildman–Crippen LogP) is 3.21. The maximum Gasteiger partial charge on any atom is 0.337 e. The molecule has 0 N–H and O–H groups in total. The SMILES string of the molecule is O=c1cc(Cl)c2cccc(Br)c2o1. The highest BCUT2D eigenvalue weighted by molar-refractivity contribution is 9.10. The number of halogens is 2. The van der Waals surface area contributed by atoms with Gasteiger partial charge in [-0.25, -0.2) is 4.79 Å². The van der Waals surface area contributed by atoms with Gasteiger partial charge in [0.1, 0.15) is 0 Å². The molecule has 4 heteroatoms. The molecule has 1 aromatic heterocycles. The fourth-order valence-corrected chi connectivity index (χ4v) is 1.80. The normalized spacial score (nSPS) is 10.6. The van der Waals surface area contributed by atoms with E-state index in [9.17, 15) is 4.79 Å². The quantitative estimate of drug-likeness (QED) is 0.680. The van der Waals surface area contributed by atoms with E-state index in [1.165, 1.54) is 6.07 Å². The van der Waals surface area contributed by atoms with E-state index in [1.54, 1.807) is 12.1 Å². The van der Waals surface area contributed by atoms with Crippen molar-refractivity contribution in [3.05, 3.63) is 44.2 Å². The van der Waals surface area contributed by atoms with Crippen LogP contribution in [0.2, 0.25) is 5.02 Å². The van der Waals surface area contributed by atoms with E-state index in [-0.39, 0.29) is 0 Å². The van der Waals surface area contributed by atoms with Crippen LogP contribution in [0.15, 0.2) is 37.9 Å². The number of hydrogen-bond acceptors (Lipinski definition) is 2. The largest absolute Gasteiger partial charge is 0.421 e. The van der Waals surface area contributed by atoms with Gasteiger partial charge in [0.2, 0.25) is 0 Å². The van der Waals surface area contributed by atoms with Gasteiger partial charge < -0.3 is 4.42 Å². The summed E-state index contributed by atoms with van der Waals surface area (Å²) < 4.78 is 5.71. The average molecular weight is 259 g/mol. The molecule has 2 nitrogen and oxygen atoms in total. The molecular formula is C9H4BrClO2. The topological polar surface area (TPSA) is 30.2 Å². The van der Waals surface area contributed by atoms with Crippen LogP contribution in [-0.2, 0) is 0 Å². The van der Waals surface area contributed by atoms with Gasteiger partial charge in [-0.3, -0.25) is 0 Å². The highest BCUT2D eigenvalue weighted by Gasteiger charge is 2.05. The Balaban J connectivity index is 3.03. The van der Waals surface area contributed by atoms with Crippen molar-refractivity contribution in [2.24, 2.45) is 0 Å². The molecule has 0 amide bonds. The first-order chi connectivity index (χ1) is 6.18. The molecule has 0 unspecified atom stereocenters. The van der Waals surface area contributed by atoms with Crippen molar-refractivity contribution in [2.45, 2.75) is 0 Å². The van der Waals surface area contributed by atoms with Crippen LogP contribution in [0.1, 0.15) is 0 Å². The lowest BCUT2D eigenvalue weighted by Crippen LogP contribution is -1.95. The van der Waals surface area contributed by atoms with Crippen molar-refractivity contribution in [2.75, 3.05) is 0 Å². The summed E-state index contributed by atoms with van der Waals surface area (Å²) in [5, 5.41) is 1.14. The smallest absolute Gasteiger partial charge is 0.337 e. The van der Waals surface area contributed by atoms with Crippen LogP contribution < -0.4 is 5.63 Å². The molecule has 0 saturated heterocycles. The molecule has 1 aromatic carbocycles. The van der Waals surface area contributed by atoms with Crippen LogP contribution in [-0.4, -0.2) is 0 Å². The molecule has 0 saturated carbocycles. The Morgan fingerprint density at radius 1 is 1.38 bits per heavy atom. The van der Waals surface area contributed by atoms with Crippen molar-refractivity contribution >= 4 is 38.5 Å². The van der Waals surface area contributed by atoms with E-state index in [2.05, 4.69) is 15.9 Å². The molecule has 0 aliphatic carbocycles. The lowest BCUT2D eigenvalue weighted by molar-refractivity contribution is 0.559. The molecule has 1 heterocycles. The molecule has 13 heavy (non-hydrogen) atoms. The summed E-state index contributed by atoms with van der Waals surface area (Å²) in [7, 11) is 0. The zero-order valence-electron chi connectivity index (χ0n) is 6.38. The van der Waals surface area contributed by atoms with E-state index >= 15 is 0 Å². The molecule has 0 radical (unpaired) electrons. The van der Waals surface area contributed by atoms with Gasteiger partial charge in [-0.2, -0.15) is 0 Å². The van der Waals surface area contributed by atoms with Crippen molar-refractivity contribution in [3.63, 3.8) is 0 Å². The summed E-state index contributed by atoms with van der Waals surface area (Å²) in [6.07, 6.45) is 0. The van der Waals surface area contributed by atoms with Gasteiger partial charge in [0.25, 0.3) is 0 Å². The van der Waals surface area contributed by atoms with Crippen LogP contribution in [0.25, 0.3) is 11.0 Å². The van der Waals surface area contributed by atoms with Crippen molar-refractivity contribution in [1.82, 2.24) is 0 Å². The van der Waals surface area contributed by atoms with Gasteiger partial charge in [-0.15, -0.1) is 0 Å². The Hall–Kier alpha value is -0.800. The van der Waals surface area contributed by atoms with E-state index in [4.69, 9.17) is 16.0 Å². The zero-order chi connectivity index (χ0) is 9.42. The zero-order valence-corrected chi connectivity index (χ0v) is 8.72. The first kappa shape index (κ1) is 8.78. The first-order valence-corrected chi connectivity index (χ1v) is 4.73. The Kier molecular flexibility index (Phi) is 2.14. The lowest BCUT2D eigenvalue weighted by atomic mass is 10.2. The molecule has 0 fully saturated rings. The lowest BCUT2D eigenvalue weighted by Gasteiger charge is -1.99. The Morgan fingerprint density at radius 2 is 2.15 bits per heavy atom. The minimum absolute atomic E-state index is 0.410. The maximum atomic E-state index is 11.0. The molecule has 0 aliphatic heterocycles. The third-order valence-corrected chi connectivity index (χ3v) is 2.61. The summed E-state index contributed by atoms with van der Waals surface area (Å²) >= 11 is 9.13. The van der Waals surface area contributed by atoms with Crippen LogP contribution in [0, 0.1) is 0 Å². The van der Waals surface area contributed by atoms with Gasteiger partial charge in [-0.1, -0.05) is 17.7 Å². The molecule has 0 spiro atoms. The number of benzene rings is 1. The van der Waals surface area contributed by atoms with Crippen LogP contribution in [0.4, 0.5) is 0 Å². The van der Waals surface area contributed by atoms with Gasteiger partial charge >= 0.3 is 5.63 Å². The monoisotopic (exact) mass is 258 g/mol. The molecule has 66 valence electrons. The van der Waals surface area contributed by atoms with Crippen LogP contribution in [0.3, 0.4) is 0 Å². The first-order valence-electron chi connectivity index (χ1n) is 3.56. The second-order valence-electron chi connectivity index (χ2n) is 2.53. The van der Waals surface area contributed by atoms with E-state index in [0.29, 0.717) is 10.6 Å². The summed E-state index contributed by atoms with van der Waals surface area (Å²) in [5.74, 6) is 0. The third kappa shape index (κ3) is 1.49. The Morgan fingerprint density at radius 3 is 2.92 bits per heavy atom. The maximum absolute atomic E-state index is 11.0. The number of para-hydroxylation sites is 1. The molecule has 0 bridgehead atoms. The van der Waals surface area contributed by atoms with E-state index in [1.807, 2.05) is 6.07 Å². The standard InChI is InChI=1S/C9H4BrClO2/c10-6-3-1-2-5-7(11)4-8(12)13-9(5)6/h1-4H. The summed E-state index contributed by atoms with van der Waals surface area (Å²) in [4.78, 5) is 11.0. The number of hydrogen-bond donors (Lipinski definition) is 0. The molecule has 2 rings (SSSR count). The van der Waals surface area contributed by atoms with Gasteiger partial charge in [0, 0.05) is 11.5 Å². The highest BCUT2D eigenvalue weighted by atomic mass is 79.9. The predicted molar refractivity (Wildman–Crippen MR) is 55.2 cm³/mol. The average Bonchev–Trinajstić information content (AvgIpc) is 2.07. The molecule has 0 atom stereocenters. The van der Waals surface area contributed by atoms with Crippen molar-refractivity contribution < 1.29 is 4.42 Å². The van der Waals surface area contributed by atoms with Crippen molar-refractivity contribution in [1.29, 1.82) is 0 Å². The Bertz CT molecular complexity index is 518. The van der Waals surface area contributed by atoms with Crippen LogP contribution in [0.5, 0.6) is 0 Å². The minimum Gasteiger partial charge on any atom is -0.421 e. The summed E-state index contributed by atoms with van der Waals surface area (Å²) in [6.45, 7) is 0. The third-order valence-electron chi connectivity index (χ3n) is 1.67. The Labute approximate surface area is 87.3 Å². The summed E-state index contributed by atoms with van der Waals surface area (Å²) in [6, 6.07) is 6.68. The molecule has 0 aliphatic rings. The minimum atomic E-state index is -0.440.